The van der Waals surface area contributed by atoms with Crippen molar-refractivity contribution in [3.05, 3.63) is 42.5 Å². The number of carbonyl (C=O) groups excluding carboxylic acids is 1. The zero-order valence-corrected chi connectivity index (χ0v) is 10.9. The molecule has 0 unspecified atom stereocenters. The summed E-state index contributed by atoms with van der Waals surface area (Å²) >= 11 is 0. The SMILES string of the molecule is C=CCOc1ccc(C(=O)NC2(CO)CCC2)cc1. The summed E-state index contributed by atoms with van der Waals surface area (Å²) in [5.41, 5.74) is 0.167. The Bertz CT molecular complexity index is 443. The summed E-state index contributed by atoms with van der Waals surface area (Å²) in [5.74, 6) is 0.556. The fourth-order valence-electron chi connectivity index (χ4n) is 2.10. The van der Waals surface area contributed by atoms with E-state index in [2.05, 4.69) is 11.9 Å². The van der Waals surface area contributed by atoms with Gasteiger partial charge in [-0.05, 0) is 43.5 Å². The molecule has 0 spiro atoms. The first-order valence-corrected chi connectivity index (χ1v) is 6.46. The van der Waals surface area contributed by atoms with E-state index in [0.717, 1.165) is 19.3 Å². The zero-order valence-electron chi connectivity index (χ0n) is 10.9. The number of hydrogen-bond acceptors (Lipinski definition) is 3. The van der Waals surface area contributed by atoms with Crippen LogP contribution in [0, 0.1) is 0 Å². The van der Waals surface area contributed by atoms with Gasteiger partial charge >= 0.3 is 0 Å². The van der Waals surface area contributed by atoms with Gasteiger partial charge in [-0.3, -0.25) is 4.79 Å². The lowest BCUT2D eigenvalue weighted by molar-refractivity contribution is 0.0641. The molecule has 0 bridgehead atoms. The lowest BCUT2D eigenvalue weighted by atomic mass is 9.77. The fraction of sp³-hybridized carbons (Fsp3) is 0.400. The summed E-state index contributed by atoms with van der Waals surface area (Å²) in [6, 6.07) is 6.95. The lowest BCUT2D eigenvalue weighted by Gasteiger charge is -2.40. The maximum Gasteiger partial charge on any atom is 0.251 e. The van der Waals surface area contributed by atoms with Gasteiger partial charge in [-0.25, -0.2) is 0 Å². The molecule has 102 valence electrons. The summed E-state index contributed by atoms with van der Waals surface area (Å²) in [5, 5.41) is 12.2. The van der Waals surface area contributed by atoms with Gasteiger partial charge in [0.05, 0.1) is 12.1 Å². The van der Waals surface area contributed by atoms with Crippen molar-refractivity contribution in [2.45, 2.75) is 24.8 Å². The highest BCUT2D eigenvalue weighted by Gasteiger charge is 2.37. The van der Waals surface area contributed by atoms with Crippen LogP contribution in [0.4, 0.5) is 0 Å². The van der Waals surface area contributed by atoms with E-state index in [1.165, 1.54) is 0 Å². The van der Waals surface area contributed by atoms with Gasteiger partial charge in [-0.1, -0.05) is 12.7 Å². The monoisotopic (exact) mass is 261 g/mol. The highest BCUT2D eigenvalue weighted by molar-refractivity contribution is 5.94. The van der Waals surface area contributed by atoms with Crippen molar-refractivity contribution in [2.24, 2.45) is 0 Å². The molecule has 19 heavy (non-hydrogen) atoms. The van der Waals surface area contributed by atoms with Crippen molar-refractivity contribution in [3.8, 4) is 5.75 Å². The molecule has 0 aromatic heterocycles. The maximum atomic E-state index is 12.1. The second kappa shape index (κ2) is 5.89. The largest absolute Gasteiger partial charge is 0.490 e. The first kappa shape index (κ1) is 13.6. The zero-order chi connectivity index (χ0) is 13.7. The quantitative estimate of drug-likeness (QED) is 0.769. The Morgan fingerprint density at radius 1 is 1.42 bits per heavy atom. The van der Waals surface area contributed by atoms with Crippen LogP contribution >= 0.6 is 0 Å². The third-order valence-corrected chi connectivity index (χ3v) is 3.48. The van der Waals surface area contributed by atoms with Gasteiger partial charge in [0.1, 0.15) is 12.4 Å². The molecule has 0 saturated heterocycles. The standard InChI is InChI=1S/C15H19NO3/c1-2-10-19-13-6-4-12(5-7-13)14(18)16-15(11-17)8-3-9-15/h2,4-7,17H,1,3,8-11H2,(H,16,18). The highest BCUT2D eigenvalue weighted by atomic mass is 16.5. The average molecular weight is 261 g/mol. The molecule has 0 aliphatic heterocycles. The van der Waals surface area contributed by atoms with Crippen molar-refractivity contribution in [2.75, 3.05) is 13.2 Å². The van der Waals surface area contributed by atoms with Gasteiger partial charge in [0.2, 0.25) is 0 Å². The Balaban J connectivity index is 1.97. The molecule has 1 aliphatic carbocycles. The molecule has 2 rings (SSSR count). The molecule has 2 N–H and O–H groups in total. The van der Waals surface area contributed by atoms with Crippen molar-refractivity contribution >= 4 is 5.91 Å². The van der Waals surface area contributed by atoms with Crippen molar-refractivity contribution in [1.82, 2.24) is 5.32 Å². The van der Waals surface area contributed by atoms with Crippen LogP contribution in [0.3, 0.4) is 0 Å². The number of amides is 1. The Morgan fingerprint density at radius 3 is 2.58 bits per heavy atom. The smallest absolute Gasteiger partial charge is 0.251 e. The molecule has 0 heterocycles. The van der Waals surface area contributed by atoms with Gasteiger partial charge in [0, 0.05) is 5.56 Å². The van der Waals surface area contributed by atoms with Crippen molar-refractivity contribution in [3.63, 3.8) is 0 Å². The molecule has 1 amide bonds. The number of ether oxygens (including phenoxy) is 1. The van der Waals surface area contributed by atoms with Crippen molar-refractivity contribution in [1.29, 1.82) is 0 Å². The van der Waals surface area contributed by atoms with Gasteiger partial charge in [0.15, 0.2) is 0 Å². The molecule has 0 radical (unpaired) electrons. The van der Waals surface area contributed by atoms with Crippen LogP contribution in [-0.2, 0) is 0 Å². The predicted octanol–water partition coefficient (Wildman–Crippen LogP) is 1.90. The number of rotatable bonds is 6. The maximum absolute atomic E-state index is 12.1. The third kappa shape index (κ3) is 3.15. The van der Waals surface area contributed by atoms with E-state index in [-0.39, 0.29) is 12.5 Å². The van der Waals surface area contributed by atoms with Crippen LogP contribution in [0.15, 0.2) is 36.9 Å². The summed E-state index contributed by atoms with van der Waals surface area (Å²) in [6.07, 6.45) is 4.41. The Hall–Kier alpha value is -1.81. The van der Waals surface area contributed by atoms with Crippen molar-refractivity contribution < 1.29 is 14.6 Å². The fourth-order valence-corrected chi connectivity index (χ4v) is 2.10. The van der Waals surface area contributed by atoms with Gasteiger partial charge in [0.25, 0.3) is 5.91 Å². The second-order valence-corrected chi connectivity index (χ2v) is 4.87. The molecular weight excluding hydrogens is 242 g/mol. The van der Waals surface area contributed by atoms with Crippen LogP contribution < -0.4 is 10.1 Å². The minimum Gasteiger partial charge on any atom is -0.490 e. The van der Waals surface area contributed by atoms with Crippen LogP contribution in [-0.4, -0.2) is 29.8 Å². The second-order valence-electron chi connectivity index (χ2n) is 4.87. The molecule has 0 atom stereocenters. The van der Waals surface area contributed by atoms with E-state index < -0.39 is 5.54 Å². The van der Waals surface area contributed by atoms with Gasteiger partial charge < -0.3 is 15.2 Å². The molecular formula is C15H19NO3. The minimum atomic E-state index is -0.408. The number of nitrogens with one attached hydrogen (secondary N) is 1. The molecule has 1 saturated carbocycles. The van der Waals surface area contributed by atoms with Crippen LogP contribution in [0.1, 0.15) is 29.6 Å². The summed E-state index contributed by atoms with van der Waals surface area (Å²) in [6.45, 7) is 4.02. The summed E-state index contributed by atoms with van der Waals surface area (Å²) < 4.78 is 5.35. The van der Waals surface area contributed by atoms with Crippen LogP contribution in [0.5, 0.6) is 5.75 Å². The summed E-state index contributed by atoms with van der Waals surface area (Å²) in [7, 11) is 0. The number of carbonyl (C=O) groups is 1. The Labute approximate surface area is 113 Å². The Kier molecular flexibility index (Phi) is 4.22. The molecule has 1 aromatic carbocycles. The van der Waals surface area contributed by atoms with Gasteiger partial charge in [-0.15, -0.1) is 0 Å². The molecule has 1 aliphatic rings. The average Bonchev–Trinajstić information content (AvgIpc) is 2.41. The first-order chi connectivity index (χ1) is 9.19. The van der Waals surface area contributed by atoms with Gasteiger partial charge in [-0.2, -0.15) is 0 Å². The molecule has 4 nitrogen and oxygen atoms in total. The normalized spacial score (nSPS) is 16.3. The molecule has 1 aromatic rings. The van der Waals surface area contributed by atoms with Crippen LogP contribution in [0.25, 0.3) is 0 Å². The number of aliphatic hydroxyl groups is 1. The number of aliphatic hydroxyl groups excluding tert-OH is 1. The Morgan fingerprint density at radius 2 is 2.11 bits per heavy atom. The number of hydrogen-bond donors (Lipinski definition) is 2. The van der Waals surface area contributed by atoms with E-state index in [4.69, 9.17) is 4.74 Å². The lowest BCUT2D eigenvalue weighted by Crippen LogP contribution is -2.56. The minimum absolute atomic E-state index is 0.000725. The predicted molar refractivity (Wildman–Crippen MR) is 73.3 cm³/mol. The van der Waals surface area contributed by atoms with Crippen LogP contribution in [0.2, 0.25) is 0 Å². The first-order valence-electron chi connectivity index (χ1n) is 6.46. The molecule has 1 fully saturated rings. The van der Waals surface area contributed by atoms with E-state index in [1.807, 2.05) is 0 Å². The number of benzene rings is 1. The third-order valence-electron chi connectivity index (χ3n) is 3.48. The van der Waals surface area contributed by atoms with E-state index in [0.29, 0.717) is 17.9 Å². The highest BCUT2D eigenvalue weighted by Crippen LogP contribution is 2.31. The van der Waals surface area contributed by atoms with E-state index in [9.17, 15) is 9.90 Å². The summed E-state index contributed by atoms with van der Waals surface area (Å²) in [4.78, 5) is 12.1. The van der Waals surface area contributed by atoms with E-state index >= 15 is 0 Å². The topological polar surface area (TPSA) is 58.6 Å². The molecule has 4 heteroatoms. The van der Waals surface area contributed by atoms with E-state index in [1.54, 1.807) is 30.3 Å².